The first-order valence-corrected chi connectivity index (χ1v) is 6.61. The van der Waals surface area contributed by atoms with Crippen molar-refractivity contribution >= 4 is 11.9 Å². The van der Waals surface area contributed by atoms with Crippen LogP contribution in [0.25, 0.3) is 0 Å². The zero-order valence-corrected chi connectivity index (χ0v) is 11.6. The van der Waals surface area contributed by atoms with Gasteiger partial charge in [-0.1, -0.05) is 27.2 Å². The molecule has 0 radical (unpaired) electrons. The minimum absolute atomic E-state index is 0.136. The van der Waals surface area contributed by atoms with Crippen LogP contribution in [0.15, 0.2) is 0 Å². The minimum Gasteiger partial charge on any atom is -0.481 e. The fourth-order valence-corrected chi connectivity index (χ4v) is 1.86. The summed E-state index contributed by atoms with van der Waals surface area (Å²) < 4.78 is 0. The third kappa shape index (κ3) is 8.06. The monoisotopic (exact) mass is 258 g/mol. The predicted molar refractivity (Wildman–Crippen MR) is 71.1 cm³/mol. The van der Waals surface area contributed by atoms with E-state index in [0.29, 0.717) is 12.3 Å². The van der Waals surface area contributed by atoms with E-state index in [0.717, 1.165) is 12.8 Å². The summed E-state index contributed by atoms with van der Waals surface area (Å²) in [6.07, 6.45) is 2.58. The average Bonchev–Trinajstić information content (AvgIpc) is 2.23. The van der Waals surface area contributed by atoms with E-state index in [-0.39, 0.29) is 24.9 Å². The first-order valence-electron chi connectivity index (χ1n) is 6.61. The van der Waals surface area contributed by atoms with Crippen molar-refractivity contribution in [3.63, 3.8) is 0 Å². The molecule has 0 fully saturated rings. The molecule has 0 saturated carbocycles. The number of carbonyl (C=O) groups is 2. The zero-order chi connectivity index (χ0) is 14.1. The van der Waals surface area contributed by atoms with Gasteiger partial charge in [0.15, 0.2) is 0 Å². The van der Waals surface area contributed by atoms with Crippen LogP contribution in [0.1, 0.15) is 46.5 Å². The molecule has 0 aliphatic heterocycles. The number of nitrogens with one attached hydrogen (secondary N) is 1. The van der Waals surface area contributed by atoms with Gasteiger partial charge < -0.3 is 16.2 Å². The molecule has 4 N–H and O–H groups in total. The van der Waals surface area contributed by atoms with Gasteiger partial charge in [0.25, 0.3) is 0 Å². The first-order chi connectivity index (χ1) is 8.36. The molecule has 5 heteroatoms. The third-order valence-electron chi connectivity index (χ3n) is 2.76. The topological polar surface area (TPSA) is 92.4 Å². The Morgan fingerprint density at radius 1 is 1.33 bits per heavy atom. The predicted octanol–water partition coefficient (Wildman–Crippen LogP) is 1.37. The summed E-state index contributed by atoms with van der Waals surface area (Å²) in [4.78, 5) is 22.6. The fraction of sp³-hybridized carbons (Fsp3) is 0.846. The minimum atomic E-state index is -0.859. The van der Waals surface area contributed by atoms with E-state index in [1.807, 2.05) is 20.8 Å². The lowest BCUT2D eigenvalue weighted by atomic mass is 9.97. The van der Waals surface area contributed by atoms with Crippen LogP contribution in [0.2, 0.25) is 0 Å². The second kappa shape index (κ2) is 8.91. The molecule has 0 saturated heterocycles. The molecule has 0 bridgehead atoms. The van der Waals surface area contributed by atoms with Gasteiger partial charge >= 0.3 is 5.97 Å². The lowest BCUT2D eigenvalue weighted by Gasteiger charge is -2.16. The summed E-state index contributed by atoms with van der Waals surface area (Å²) in [5, 5.41) is 11.7. The van der Waals surface area contributed by atoms with Crippen molar-refractivity contribution in [3.8, 4) is 0 Å². The number of nitrogens with two attached hydrogens (primary N) is 1. The Morgan fingerprint density at radius 3 is 2.39 bits per heavy atom. The normalized spacial score (nSPS) is 14.3. The van der Waals surface area contributed by atoms with Gasteiger partial charge in [0.1, 0.15) is 0 Å². The van der Waals surface area contributed by atoms with E-state index in [4.69, 9.17) is 10.8 Å². The van der Waals surface area contributed by atoms with Gasteiger partial charge in [-0.25, -0.2) is 0 Å². The number of aliphatic carboxylic acids is 1. The van der Waals surface area contributed by atoms with Crippen LogP contribution in [0.3, 0.4) is 0 Å². The van der Waals surface area contributed by atoms with Crippen molar-refractivity contribution in [2.75, 3.05) is 6.54 Å². The van der Waals surface area contributed by atoms with Crippen molar-refractivity contribution < 1.29 is 14.7 Å². The van der Waals surface area contributed by atoms with Gasteiger partial charge in [-0.2, -0.15) is 0 Å². The second-order valence-corrected chi connectivity index (χ2v) is 5.22. The number of carboxylic acid groups (broad SMARTS) is 1. The van der Waals surface area contributed by atoms with Gasteiger partial charge in [0.2, 0.25) is 5.91 Å². The highest BCUT2D eigenvalue weighted by atomic mass is 16.4. The number of amides is 1. The molecule has 106 valence electrons. The molecule has 0 aromatic rings. The third-order valence-corrected chi connectivity index (χ3v) is 2.76. The van der Waals surface area contributed by atoms with E-state index in [1.54, 1.807) is 0 Å². The van der Waals surface area contributed by atoms with Gasteiger partial charge in [0.05, 0.1) is 5.92 Å². The van der Waals surface area contributed by atoms with E-state index < -0.39 is 11.9 Å². The molecule has 0 spiro atoms. The number of rotatable bonds is 9. The quantitative estimate of drug-likeness (QED) is 0.582. The highest BCUT2D eigenvalue weighted by Gasteiger charge is 2.20. The van der Waals surface area contributed by atoms with Crippen LogP contribution in [-0.4, -0.2) is 29.6 Å². The summed E-state index contributed by atoms with van der Waals surface area (Å²) >= 11 is 0. The van der Waals surface area contributed by atoms with Crippen LogP contribution in [0, 0.1) is 11.8 Å². The summed E-state index contributed by atoms with van der Waals surface area (Å²) in [6.45, 7) is 6.13. The van der Waals surface area contributed by atoms with Gasteiger partial charge in [-0.15, -0.1) is 0 Å². The Kier molecular flexibility index (Phi) is 8.37. The highest BCUT2D eigenvalue weighted by molar-refractivity contribution is 5.77. The summed E-state index contributed by atoms with van der Waals surface area (Å²) in [6, 6.07) is -0.136. The Balaban J connectivity index is 4.03. The summed E-state index contributed by atoms with van der Waals surface area (Å²) in [5.41, 5.74) is 5.75. The van der Waals surface area contributed by atoms with Crippen LogP contribution < -0.4 is 11.1 Å². The zero-order valence-electron chi connectivity index (χ0n) is 11.6. The smallest absolute Gasteiger partial charge is 0.308 e. The van der Waals surface area contributed by atoms with E-state index in [2.05, 4.69) is 5.32 Å². The molecule has 2 atom stereocenters. The molecule has 0 rings (SSSR count). The number of hydrogen-bond donors (Lipinski definition) is 3. The van der Waals surface area contributed by atoms with Crippen molar-refractivity contribution in [1.29, 1.82) is 0 Å². The Morgan fingerprint density at radius 2 is 1.94 bits per heavy atom. The molecule has 0 aliphatic rings. The maximum absolute atomic E-state index is 11.6. The Bertz CT molecular complexity index is 267. The Labute approximate surface area is 109 Å². The molecule has 0 aliphatic carbocycles. The maximum atomic E-state index is 11.6. The van der Waals surface area contributed by atoms with E-state index >= 15 is 0 Å². The number of hydrogen-bond acceptors (Lipinski definition) is 3. The van der Waals surface area contributed by atoms with Crippen molar-refractivity contribution in [2.45, 2.75) is 52.5 Å². The Hall–Kier alpha value is -1.10. The molecular formula is C13H26N2O3. The molecular weight excluding hydrogens is 232 g/mol. The van der Waals surface area contributed by atoms with E-state index in [9.17, 15) is 9.59 Å². The van der Waals surface area contributed by atoms with Crippen molar-refractivity contribution in [3.05, 3.63) is 0 Å². The number of carboxylic acids is 1. The fourth-order valence-electron chi connectivity index (χ4n) is 1.86. The second-order valence-electron chi connectivity index (χ2n) is 5.22. The lowest BCUT2D eigenvalue weighted by molar-refractivity contribution is -0.142. The summed E-state index contributed by atoms with van der Waals surface area (Å²) in [7, 11) is 0. The lowest BCUT2D eigenvalue weighted by Crippen LogP contribution is -2.36. The van der Waals surface area contributed by atoms with Crippen molar-refractivity contribution in [2.24, 2.45) is 17.6 Å². The standard InChI is InChI=1S/C13H26N2O3/c1-4-5-11(14)7-12(16)15-8-10(13(17)18)6-9(2)3/h9-11H,4-8,14H2,1-3H3,(H,15,16)(H,17,18). The molecule has 18 heavy (non-hydrogen) atoms. The first kappa shape index (κ1) is 16.9. The molecule has 0 aromatic heterocycles. The largest absolute Gasteiger partial charge is 0.481 e. The van der Waals surface area contributed by atoms with Crippen LogP contribution >= 0.6 is 0 Å². The van der Waals surface area contributed by atoms with Crippen LogP contribution in [0.5, 0.6) is 0 Å². The molecule has 0 heterocycles. The van der Waals surface area contributed by atoms with Crippen molar-refractivity contribution in [1.82, 2.24) is 5.32 Å². The molecule has 5 nitrogen and oxygen atoms in total. The van der Waals surface area contributed by atoms with Crippen LogP contribution in [-0.2, 0) is 9.59 Å². The SMILES string of the molecule is CCCC(N)CC(=O)NCC(CC(C)C)C(=O)O. The molecule has 1 amide bonds. The highest BCUT2D eigenvalue weighted by Crippen LogP contribution is 2.11. The van der Waals surface area contributed by atoms with Gasteiger partial charge in [-0.3, -0.25) is 9.59 Å². The number of carbonyl (C=O) groups excluding carboxylic acids is 1. The molecule has 0 aromatic carbocycles. The van der Waals surface area contributed by atoms with E-state index in [1.165, 1.54) is 0 Å². The summed E-state index contributed by atoms with van der Waals surface area (Å²) in [5.74, 6) is -1.24. The average molecular weight is 258 g/mol. The van der Waals surface area contributed by atoms with Crippen LogP contribution in [0.4, 0.5) is 0 Å². The maximum Gasteiger partial charge on any atom is 0.308 e. The van der Waals surface area contributed by atoms with Gasteiger partial charge in [-0.05, 0) is 18.8 Å². The molecule has 2 unspecified atom stereocenters. The van der Waals surface area contributed by atoms with Gasteiger partial charge in [0, 0.05) is 19.0 Å².